The molecule has 3 nitrogen and oxygen atoms in total. The highest BCUT2D eigenvalue weighted by atomic mass is 79.9. The molecule has 0 aromatic carbocycles. The number of unbranched alkanes of at least 4 members (excludes halogenated alkanes) is 1. The third-order valence-corrected chi connectivity index (χ3v) is 2.10. The highest BCUT2D eigenvalue weighted by Crippen LogP contribution is 2.08. The van der Waals surface area contributed by atoms with Gasteiger partial charge in [-0.05, 0) is 13.3 Å². The number of nitrogens with zero attached hydrogens (tertiary/aromatic N) is 2. The minimum atomic E-state index is 0. The van der Waals surface area contributed by atoms with Gasteiger partial charge in [0.1, 0.15) is 0 Å². The standard InChI is InChI=1S/C8H17N3.BrH/c1-3-4-5-11-7(2)6-10-8(11)9;/h7H,3-6H2,1-2H3,(H2,9,10);1H. The van der Waals surface area contributed by atoms with Crippen molar-refractivity contribution in [3.05, 3.63) is 0 Å². The van der Waals surface area contributed by atoms with E-state index in [1.54, 1.807) is 0 Å². The summed E-state index contributed by atoms with van der Waals surface area (Å²) in [6.45, 7) is 6.29. The summed E-state index contributed by atoms with van der Waals surface area (Å²) in [7, 11) is 0. The molecule has 0 bridgehead atoms. The SMILES string of the molecule is Br.CCCCN1C(N)=NCC1C. The number of aliphatic imine (C=N–C) groups is 1. The normalized spacial score (nSPS) is 22.0. The Morgan fingerprint density at radius 1 is 1.67 bits per heavy atom. The molecule has 0 radical (unpaired) electrons. The average Bonchev–Trinajstić information content (AvgIpc) is 2.29. The minimum absolute atomic E-state index is 0. The van der Waals surface area contributed by atoms with Crippen molar-refractivity contribution in [3.63, 3.8) is 0 Å². The Morgan fingerprint density at radius 3 is 2.75 bits per heavy atom. The molecule has 0 amide bonds. The van der Waals surface area contributed by atoms with Crippen LogP contribution in [0, 0.1) is 0 Å². The Balaban J connectivity index is 0.00000121. The molecule has 0 saturated carbocycles. The van der Waals surface area contributed by atoms with Gasteiger partial charge in [0.15, 0.2) is 5.96 Å². The van der Waals surface area contributed by atoms with Crippen LogP contribution in [0.15, 0.2) is 4.99 Å². The lowest BCUT2D eigenvalue weighted by Crippen LogP contribution is -2.39. The first kappa shape index (κ1) is 11.8. The van der Waals surface area contributed by atoms with E-state index in [1.807, 2.05) is 0 Å². The molecule has 1 aliphatic heterocycles. The molecule has 0 spiro atoms. The quantitative estimate of drug-likeness (QED) is 0.804. The molecule has 0 aromatic heterocycles. The first-order valence-corrected chi connectivity index (χ1v) is 4.32. The topological polar surface area (TPSA) is 41.6 Å². The van der Waals surface area contributed by atoms with Crippen LogP contribution < -0.4 is 5.73 Å². The van der Waals surface area contributed by atoms with Crippen LogP contribution in [-0.4, -0.2) is 30.0 Å². The van der Waals surface area contributed by atoms with E-state index in [0.29, 0.717) is 6.04 Å². The van der Waals surface area contributed by atoms with E-state index >= 15 is 0 Å². The van der Waals surface area contributed by atoms with E-state index < -0.39 is 0 Å². The lowest BCUT2D eigenvalue weighted by atomic mass is 10.2. The summed E-state index contributed by atoms with van der Waals surface area (Å²) < 4.78 is 0. The predicted molar refractivity (Wildman–Crippen MR) is 57.9 cm³/mol. The number of hydrogen-bond donors (Lipinski definition) is 1. The van der Waals surface area contributed by atoms with Gasteiger partial charge in [-0.25, -0.2) is 0 Å². The van der Waals surface area contributed by atoms with Crippen LogP contribution in [0.25, 0.3) is 0 Å². The van der Waals surface area contributed by atoms with Gasteiger partial charge in [-0.15, -0.1) is 17.0 Å². The Kier molecular flexibility index (Phi) is 5.29. The fourth-order valence-electron chi connectivity index (χ4n) is 1.30. The third kappa shape index (κ3) is 2.66. The molecule has 1 atom stereocenters. The molecular weight excluding hydrogens is 218 g/mol. The van der Waals surface area contributed by atoms with Crippen LogP contribution in [0.2, 0.25) is 0 Å². The fraction of sp³-hybridized carbons (Fsp3) is 0.875. The Morgan fingerprint density at radius 2 is 2.33 bits per heavy atom. The monoisotopic (exact) mass is 235 g/mol. The van der Waals surface area contributed by atoms with Gasteiger partial charge in [0.25, 0.3) is 0 Å². The highest BCUT2D eigenvalue weighted by Gasteiger charge is 2.20. The van der Waals surface area contributed by atoms with Crippen LogP contribution in [0.3, 0.4) is 0 Å². The van der Waals surface area contributed by atoms with Gasteiger partial charge in [-0.1, -0.05) is 13.3 Å². The molecule has 1 rings (SSSR count). The summed E-state index contributed by atoms with van der Waals surface area (Å²) in [6.07, 6.45) is 2.43. The zero-order chi connectivity index (χ0) is 8.27. The molecule has 1 unspecified atom stereocenters. The summed E-state index contributed by atoms with van der Waals surface area (Å²) in [5, 5.41) is 0. The molecule has 0 saturated heterocycles. The van der Waals surface area contributed by atoms with Gasteiger partial charge in [0, 0.05) is 12.6 Å². The van der Waals surface area contributed by atoms with Gasteiger partial charge in [0.2, 0.25) is 0 Å². The number of nitrogens with two attached hydrogens (primary N) is 1. The van der Waals surface area contributed by atoms with E-state index in [9.17, 15) is 0 Å². The smallest absolute Gasteiger partial charge is 0.191 e. The number of hydrogen-bond acceptors (Lipinski definition) is 3. The summed E-state index contributed by atoms with van der Waals surface area (Å²) in [6, 6.07) is 0.515. The average molecular weight is 236 g/mol. The zero-order valence-electron chi connectivity index (χ0n) is 7.79. The Labute approximate surface area is 84.8 Å². The van der Waals surface area contributed by atoms with E-state index in [1.165, 1.54) is 12.8 Å². The van der Waals surface area contributed by atoms with Gasteiger partial charge >= 0.3 is 0 Å². The molecule has 1 aliphatic rings. The summed E-state index contributed by atoms with van der Waals surface area (Å²) in [5.41, 5.74) is 5.69. The summed E-state index contributed by atoms with van der Waals surface area (Å²) in [4.78, 5) is 6.36. The van der Waals surface area contributed by atoms with Crippen LogP contribution in [0.5, 0.6) is 0 Å². The molecular formula is C8H18BrN3. The van der Waals surface area contributed by atoms with E-state index in [-0.39, 0.29) is 17.0 Å². The lowest BCUT2D eigenvalue weighted by Gasteiger charge is -2.22. The van der Waals surface area contributed by atoms with E-state index in [2.05, 4.69) is 23.7 Å². The lowest BCUT2D eigenvalue weighted by molar-refractivity contribution is 0.353. The Hall–Kier alpha value is -0.250. The van der Waals surface area contributed by atoms with Crippen molar-refractivity contribution in [2.24, 2.45) is 10.7 Å². The summed E-state index contributed by atoms with van der Waals surface area (Å²) >= 11 is 0. The van der Waals surface area contributed by atoms with Crippen molar-refractivity contribution < 1.29 is 0 Å². The fourth-order valence-corrected chi connectivity index (χ4v) is 1.30. The zero-order valence-corrected chi connectivity index (χ0v) is 9.50. The van der Waals surface area contributed by atoms with Gasteiger partial charge in [-0.3, -0.25) is 4.99 Å². The predicted octanol–water partition coefficient (Wildman–Crippen LogP) is 1.38. The number of halogens is 1. The van der Waals surface area contributed by atoms with Crippen LogP contribution in [-0.2, 0) is 0 Å². The van der Waals surface area contributed by atoms with Gasteiger partial charge in [0.05, 0.1) is 6.54 Å². The van der Waals surface area contributed by atoms with Crippen molar-refractivity contribution in [2.45, 2.75) is 32.7 Å². The molecule has 0 aliphatic carbocycles. The van der Waals surface area contributed by atoms with E-state index in [0.717, 1.165) is 19.0 Å². The van der Waals surface area contributed by atoms with Crippen molar-refractivity contribution in [1.29, 1.82) is 0 Å². The number of guanidine groups is 1. The third-order valence-electron chi connectivity index (χ3n) is 2.10. The first-order valence-electron chi connectivity index (χ1n) is 4.32. The minimum Gasteiger partial charge on any atom is -0.370 e. The van der Waals surface area contributed by atoms with Crippen LogP contribution >= 0.6 is 17.0 Å². The number of rotatable bonds is 3. The molecule has 12 heavy (non-hydrogen) atoms. The van der Waals surface area contributed by atoms with Crippen molar-refractivity contribution in [2.75, 3.05) is 13.1 Å². The molecule has 4 heteroatoms. The van der Waals surface area contributed by atoms with E-state index in [4.69, 9.17) is 5.73 Å². The molecule has 0 fully saturated rings. The second kappa shape index (κ2) is 5.41. The Bertz CT molecular complexity index is 158. The van der Waals surface area contributed by atoms with Crippen molar-refractivity contribution in [1.82, 2.24) is 4.90 Å². The van der Waals surface area contributed by atoms with Gasteiger partial charge in [-0.2, -0.15) is 0 Å². The molecule has 72 valence electrons. The maximum absolute atomic E-state index is 5.69. The molecule has 2 N–H and O–H groups in total. The van der Waals surface area contributed by atoms with Gasteiger partial charge < -0.3 is 10.6 Å². The molecule has 1 heterocycles. The maximum Gasteiger partial charge on any atom is 0.191 e. The van der Waals surface area contributed by atoms with Crippen LogP contribution in [0.4, 0.5) is 0 Å². The van der Waals surface area contributed by atoms with Crippen LogP contribution in [0.1, 0.15) is 26.7 Å². The second-order valence-corrected chi connectivity index (χ2v) is 3.09. The maximum atomic E-state index is 5.69. The first-order chi connectivity index (χ1) is 5.25. The summed E-state index contributed by atoms with van der Waals surface area (Å²) in [5.74, 6) is 0.728. The highest BCUT2D eigenvalue weighted by molar-refractivity contribution is 8.93. The second-order valence-electron chi connectivity index (χ2n) is 3.09. The largest absolute Gasteiger partial charge is 0.370 e. The van der Waals surface area contributed by atoms with Crippen molar-refractivity contribution >= 4 is 22.9 Å². The molecule has 0 aromatic rings. The van der Waals surface area contributed by atoms with Crippen molar-refractivity contribution in [3.8, 4) is 0 Å².